The SMILES string of the molecule is Cc1c(-c2cc(Nc3ccc(C4CCN(C)CC4)nn3)c(=O)n(C)c2)ccc(F)c1NC(=O)c1cc2c(s1)C1CCC2C1. The Kier molecular flexibility index (Phi) is 7.13. The zero-order chi connectivity index (χ0) is 29.8. The number of fused-ring (bicyclic) bond motifs is 5. The number of halogens is 1. The van der Waals surface area contributed by atoms with Crippen LogP contribution >= 0.6 is 11.3 Å². The Morgan fingerprint density at radius 2 is 1.79 bits per heavy atom. The minimum atomic E-state index is -0.498. The first-order valence-electron chi connectivity index (χ1n) is 15.0. The summed E-state index contributed by atoms with van der Waals surface area (Å²) in [6.07, 6.45) is 7.41. The Hall–Kier alpha value is -3.89. The van der Waals surface area contributed by atoms with Gasteiger partial charge in [0.1, 0.15) is 11.5 Å². The number of hydrogen-bond donors (Lipinski definition) is 2. The fraction of sp³-hybridized carbons (Fsp3) is 0.394. The van der Waals surface area contributed by atoms with E-state index < -0.39 is 5.82 Å². The number of benzene rings is 1. The lowest BCUT2D eigenvalue weighted by Gasteiger charge is -2.28. The van der Waals surface area contributed by atoms with Gasteiger partial charge in [0.2, 0.25) is 0 Å². The number of anilines is 3. The van der Waals surface area contributed by atoms with Crippen molar-refractivity contribution >= 4 is 34.4 Å². The van der Waals surface area contributed by atoms with E-state index in [0.29, 0.717) is 50.8 Å². The molecule has 1 amide bonds. The molecule has 10 heteroatoms. The first-order valence-corrected chi connectivity index (χ1v) is 15.8. The minimum Gasteiger partial charge on any atom is -0.334 e. The number of carbonyl (C=O) groups excluding carboxylic acids is 1. The second-order valence-corrected chi connectivity index (χ2v) is 13.4. The first kappa shape index (κ1) is 27.9. The second kappa shape index (κ2) is 11.0. The van der Waals surface area contributed by atoms with Crippen LogP contribution in [0.1, 0.15) is 81.2 Å². The Morgan fingerprint density at radius 1 is 1.00 bits per heavy atom. The quantitative estimate of drug-likeness (QED) is 0.263. The fourth-order valence-electron chi connectivity index (χ4n) is 7.01. The topological polar surface area (TPSA) is 92.2 Å². The van der Waals surface area contributed by atoms with Crippen molar-refractivity contribution in [2.24, 2.45) is 7.05 Å². The summed E-state index contributed by atoms with van der Waals surface area (Å²) < 4.78 is 16.6. The molecule has 1 saturated carbocycles. The summed E-state index contributed by atoms with van der Waals surface area (Å²) in [5.74, 6) is 1.22. The molecule has 3 aromatic heterocycles. The highest BCUT2D eigenvalue weighted by Crippen LogP contribution is 2.56. The molecule has 2 N–H and O–H groups in total. The number of rotatable bonds is 6. The van der Waals surface area contributed by atoms with Crippen molar-refractivity contribution < 1.29 is 9.18 Å². The normalized spacial score (nSPS) is 19.9. The molecular weight excluding hydrogens is 563 g/mol. The molecule has 4 heterocycles. The second-order valence-electron chi connectivity index (χ2n) is 12.3. The van der Waals surface area contributed by atoms with E-state index in [1.807, 2.05) is 18.2 Å². The molecular formula is C33H35FN6O2S. The number of amides is 1. The van der Waals surface area contributed by atoms with E-state index in [0.717, 1.165) is 31.6 Å². The Balaban J connectivity index is 1.13. The zero-order valence-electron chi connectivity index (χ0n) is 24.6. The van der Waals surface area contributed by atoms with Crippen LogP contribution in [-0.2, 0) is 7.05 Å². The van der Waals surface area contributed by atoms with Gasteiger partial charge in [0, 0.05) is 29.6 Å². The van der Waals surface area contributed by atoms with Gasteiger partial charge in [-0.2, -0.15) is 5.10 Å². The third-order valence-electron chi connectivity index (χ3n) is 9.49. The number of nitrogens with zero attached hydrogens (tertiary/aromatic N) is 4. The van der Waals surface area contributed by atoms with Gasteiger partial charge >= 0.3 is 0 Å². The van der Waals surface area contributed by atoms with Gasteiger partial charge in [-0.3, -0.25) is 9.59 Å². The third kappa shape index (κ3) is 5.16. The summed E-state index contributed by atoms with van der Waals surface area (Å²) in [4.78, 5) is 30.6. The number of aryl methyl sites for hydroxylation is 1. The van der Waals surface area contributed by atoms with E-state index in [1.165, 1.54) is 40.3 Å². The summed E-state index contributed by atoms with van der Waals surface area (Å²) in [5, 5.41) is 14.8. The molecule has 1 aromatic carbocycles. The lowest BCUT2D eigenvalue weighted by Crippen LogP contribution is -2.29. The summed E-state index contributed by atoms with van der Waals surface area (Å²) in [7, 11) is 3.81. The van der Waals surface area contributed by atoms with Crippen molar-refractivity contribution in [2.75, 3.05) is 30.8 Å². The van der Waals surface area contributed by atoms with Crippen LogP contribution < -0.4 is 16.2 Å². The molecule has 2 bridgehead atoms. The van der Waals surface area contributed by atoms with Crippen LogP contribution in [0.15, 0.2) is 47.4 Å². The Bertz CT molecular complexity index is 1750. The number of aromatic nitrogens is 3. The molecule has 2 fully saturated rings. The summed E-state index contributed by atoms with van der Waals surface area (Å²) in [6.45, 7) is 3.87. The monoisotopic (exact) mass is 598 g/mol. The molecule has 0 spiro atoms. The van der Waals surface area contributed by atoms with Gasteiger partial charge < -0.3 is 20.1 Å². The van der Waals surface area contributed by atoms with E-state index in [9.17, 15) is 9.59 Å². The van der Waals surface area contributed by atoms with E-state index in [1.54, 1.807) is 43.6 Å². The summed E-state index contributed by atoms with van der Waals surface area (Å²) in [6, 6.07) is 10.6. The number of nitrogens with one attached hydrogen (secondary N) is 2. The predicted molar refractivity (Wildman–Crippen MR) is 168 cm³/mol. The molecule has 2 aliphatic carbocycles. The molecule has 2 unspecified atom stereocenters. The van der Waals surface area contributed by atoms with Crippen molar-refractivity contribution in [3.8, 4) is 11.1 Å². The number of carbonyl (C=O) groups is 1. The number of thiophene rings is 1. The predicted octanol–water partition coefficient (Wildman–Crippen LogP) is 6.52. The van der Waals surface area contributed by atoms with E-state index in [4.69, 9.17) is 0 Å². The number of piperidine rings is 1. The maximum atomic E-state index is 15.1. The lowest BCUT2D eigenvalue weighted by molar-refractivity contribution is 0.103. The highest BCUT2D eigenvalue weighted by molar-refractivity contribution is 7.14. The van der Waals surface area contributed by atoms with Crippen LogP contribution in [-0.4, -0.2) is 45.7 Å². The van der Waals surface area contributed by atoms with Gasteiger partial charge in [-0.15, -0.1) is 16.4 Å². The zero-order valence-corrected chi connectivity index (χ0v) is 25.4. The van der Waals surface area contributed by atoms with Crippen LogP contribution in [0, 0.1) is 12.7 Å². The van der Waals surface area contributed by atoms with Crippen molar-refractivity contribution in [2.45, 2.75) is 56.8 Å². The van der Waals surface area contributed by atoms with Gasteiger partial charge in [0.25, 0.3) is 11.5 Å². The van der Waals surface area contributed by atoms with Crippen molar-refractivity contribution in [1.82, 2.24) is 19.7 Å². The molecule has 4 aromatic rings. The van der Waals surface area contributed by atoms with Crippen LogP contribution in [0.3, 0.4) is 0 Å². The Labute approximate surface area is 254 Å². The molecule has 1 saturated heterocycles. The molecule has 7 rings (SSSR count). The van der Waals surface area contributed by atoms with Gasteiger partial charge in [-0.25, -0.2) is 4.39 Å². The number of likely N-dealkylation sites (tertiary alicyclic amines) is 1. The van der Waals surface area contributed by atoms with Gasteiger partial charge in [-0.1, -0.05) is 6.07 Å². The average Bonchev–Trinajstić information content (AvgIpc) is 3.73. The van der Waals surface area contributed by atoms with E-state index in [-0.39, 0.29) is 17.2 Å². The summed E-state index contributed by atoms with van der Waals surface area (Å²) >= 11 is 1.55. The van der Waals surface area contributed by atoms with E-state index in [2.05, 4.69) is 32.8 Å². The van der Waals surface area contributed by atoms with Crippen molar-refractivity contribution in [3.05, 3.63) is 85.3 Å². The Morgan fingerprint density at radius 3 is 2.53 bits per heavy atom. The highest BCUT2D eigenvalue weighted by atomic mass is 32.1. The molecule has 1 aliphatic heterocycles. The van der Waals surface area contributed by atoms with Gasteiger partial charge in [0.05, 0.1) is 16.3 Å². The van der Waals surface area contributed by atoms with E-state index >= 15 is 4.39 Å². The minimum absolute atomic E-state index is 0.151. The van der Waals surface area contributed by atoms with Crippen LogP contribution in [0.2, 0.25) is 0 Å². The highest BCUT2D eigenvalue weighted by Gasteiger charge is 2.39. The first-order chi connectivity index (χ1) is 20.7. The number of hydrogen-bond acceptors (Lipinski definition) is 7. The third-order valence-corrected chi connectivity index (χ3v) is 10.8. The maximum absolute atomic E-state index is 15.1. The lowest BCUT2D eigenvalue weighted by atomic mass is 9.94. The molecule has 222 valence electrons. The molecule has 8 nitrogen and oxygen atoms in total. The summed E-state index contributed by atoms with van der Waals surface area (Å²) in [5.41, 5.74) is 4.55. The molecule has 0 radical (unpaired) electrons. The molecule has 3 aliphatic rings. The van der Waals surface area contributed by atoms with Crippen molar-refractivity contribution in [1.29, 1.82) is 0 Å². The van der Waals surface area contributed by atoms with Crippen molar-refractivity contribution in [3.63, 3.8) is 0 Å². The fourth-order valence-corrected chi connectivity index (χ4v) is 8.30. The maximum Gasteiger partial charge on any atom is 0.274 e. The standard InChI is InChI=1S/C33H35FN6O2S/c1-18-23(6-7-25(34)30(18)36-32(41)28-16-24-20-4-5-21(14-20)31(24)43-28)22-15-27(33(42)40(3)17-22)35-29-9-8-26(37-38-29)19-10-12-39(2)13-11-19/h6-9,15-17,19-21H,4-5,10-14H2,1-3H3,(H,35,38)(H,36,41). The van der Waals surface area contributed by atoms with Crippen LogP contribution in [0.5, 0.6) is 0 Å². The van der Waals surface area contributed by atoms with Gasteiger partial charge in [0.15, 0.2) is 5.82 Å². The van der Waals surface area contributed by atoms with Crippen LogP contribution in [0.25, 0.3) is 11.1 Å². The average molecular weight is 599 g/mol. The number of pyridine rings is 1. The molecule has 2 atom stereocenters. The van der Waals surface area contributed by atoms with Gasteiger partial charge in [-0.05, 0) is 118 Å². The molecule has 43 heavy (non-hydrogen) atoms. The smallest absolute Gasteiger partial charge is 0.274 e. The van der Waals surface area contributed by atoms with Crippen LogP contribution in [0.4, 0.5) is 21.6 Å². The largest absolute Gasteiger partial charge is 0.334 e.